The number of hydrogen-bond acceptors (Lipinski definition) is 4. The van der Waals surface area contributed by atoms with Gasteiger partial charge in [0.2, 0.25) is 0 Å². The molecule has 6 heteroatoms. The molecule has 1 aromatic heterocycles. The summed E-state index contributed by atoms with van der Waals surface area (Å²) in [6.07, 6.45) is 1.58. The SMILES string of the molecule is Nc1[nH]ncc1-c1ccc([N+](=O)[O-])cc1. The van der Waals surface area contributed by atoms with E-state index in [1.807, 2.05) is 0 Å². The first kappa shape index (κ1) is 9.20. The number of nitrogens with two attached hydrogens (primary N) is 1. The molecule has 0 radical (unpaired) electrons. The van der Waals surface area contributed by atoms with Gasteiger partial charge in [0.15, 0.2) is 0 Å². The molecule has 6 nitrogen and oxygen atoms in total. The summed E-state index contributed by atoms with van der Waals surface area (Å²) in [6.45, 7) is 0. The Kier molecular flexibility index (Phi) is 2.09. The molecule has 1 aromatic carbocycles. The Morgan fingerprint density at radius 3 is 2.47 bits per heavy atom. The highest BCUT2D eigenvalue weighted by molar-refractivity contribution is 5.73. The zero-order chi connectivity index (χ0) is 10.8. The van der Waals surface area contributed by atoms with Crippen LogP contribution in [0.2, 0.25) is 0 Å². The fourth-order valence-corrected chi connectivity index (χ4v) is 1.29. The Hall–Kier alpha value is -2.37. The van der Waals surface area contributed by atoms with Gasteiger partial charge < -0.3 is 5.73 Å². The van der Waals surface area contributed by atoms with Crippen LogP contribution in [0.15, 0.2) is 30.5 Å². The maximum absolute atomic E-state index is 10.4. The molecule has 76 valence electrons. The van der Waals surface area contributed by atoms with E-state index in [-0.39, 0.29) is 5.69 Å². The predicted molar refractivity (Wildman–Crippen MR) is 55.1 cm³/mol. The van der Waals surface area contributed by atoms with Crippen LogP contribution in [-0.4, -0.2) is 15.1 Å². The summed E-state index contributed by atoms with van der Waals surface area (Å²) in [7, 11) is 0. The lowest BCUT2D eigenvalue weighted by Gasteiger charge is -1.98. The number of nitrogens with zero attached hydrogens (tertiary/aromatic N) is 2. The number of hydrogen-bond donors (Lipinski definition) is 2. The van der Waals surface area contributed by atoms with Crippen LogP contribution in [0.25, 0.3) is 11.1 Å². The minimum atomic E-state index is -0.442. The number of H-pyrrole nitrogens is 1. The van der Waals surface area contributed by atoms with Crippen LogP contribution in [-0.2, 0) is 0 Å². The van der Waals surface area contributed by atoms with Gasteiger partial charge in [-0.25, -0.2) is 0 Å². The van der Waals surface area contributed by atoms with Crippen LogP contribution in [0, 0.1) is 10.1 Å². The molecule has 2 aromatic rings. The topological polar surface area (TPSA) is 97.8 Å². The number of aromatic nitrogens is 2. The van der Waals surface area contributed by atoms with Gasteiger partial charge in [-0.3, -0.25) is 15.2 Å². The molecule has 0 unspecified atom stereocenters. The Bertz CT molecular complexity index is 489. The second kappa shape index (κ2) is 3.41. The number of aromatic amines is 1. The quantitative estimate of drug-likeness (QED) is 0.572. The standard InChI is InChI=1S/C9H8N4O2/c10-9-8(5-11-12-9)6-1-3-7(4-2-6)13(14)15/h1-5H,(H3,10,11,12). The number of nitro benzene ring substituents is 1. The molecule has 0 aliphatic rings. The van der Waals surface area contributed by atoms with Crippen molar-refractivity contribution in [2.75, 3.05) is 5.73 Å². The average Bonchev–Trinajstić information content (AvgIpc) is 2.65. The Morgan fingerprint density at radius 1 is 1.33 bits per heavy atom. The number of benzene rings is 1. The number of nitrogens with one attached hydrogen (secondary N) is 1. The molecule has 15 heavy (non-hydrogen) atoms. The van der Waals surface area contributed by atoms with Crippen LogP contribution in [0.4, 0.5) is 11.5 Å². The van der Waals surface area contributed by atoms with Crippen LogP contribution < -0.4 is 5.73 Å². The third-order valence-corrected chi connectivity index (χ3v) is 2.06. The van der Waals surface area contributed by atoms with Gasteiger partial charge in [-0.05, 0) is 17.7 Å². The highest BCUT2D eigenvalue weighted by Gasteiger charge is 2.07. The molecule has 0 aliphatic carbocycles. The average molecular weight is 204 g/mol. The van der Waals surface area contributed by atoms with Crippen molar-refractivity contribution in [3.63, 3.8) is 0 Å². The van der Waals surface area contributed by atoms with E-state index in [0.717, 1.165) is 11.1 Å². The molecule has 1 heterocycles. The summed E-state index contributed by atoms with van der Waals surface area (Å²) in [4.78, 5) is 9.99. The minimum absolute atomic E-state index is 0.0563. The van der Waals surface area contributed by atoms with E-state index >= 15 is 0 Å². The van der Waals surface area contributed by atoms with Gasteiger partial charge in [-0.15, -0.1) is 0 Å². The maximum Gasteiger partial charge on any atom is 0.269 e. The number of non-ortho nitro benzene ring substituents is 1. The van der Waals surface area contributed by atoms with Crippen molar-refractivity contribution >= 4 is 11.5 Å². The first-order valence-corrected chi connectivity index (χ1v) is 4.22. The van der Waals surface area contributed by atoms with E-state index in [1.165, 1.54) is 12.1 Å². The summed E-state index contributed by atoms with van der Waals surface area (Å²) in [5.41, 5.74) is 7.21. The van der Waals surface area contributed by atoms with E-state index < -0.39 is 4.92 Å². The van der Waals surface area contributed by atoms with Crippen molar-refractivity contribution < 1.29 is 4.92 Å². The molecule has 3 N–H and O–H groups in total. The van der Waals surface area contributed by atoms with Gasteiger partial charge >= 0.3 is 0 Å². The number of anilines is 1. The third-order valence-electron chi connectivity index (χ3n) is 2.06. The van der Waals surface area contributed by atoms with Gasteiger partial charge in [-0.2, -0.15) is 5.10 Å². The van der Waals surface area contributed by atoms with Crippen molar-refractivity contribution in [1.29, 1.82) is 0 Å². The van der Waals surface area contributed by atoms with Crippen molar-refractivity contribution in [2.45, 2.75) is 0 Å². The molecule has 0 fully saturated rings. The van der Waals surface area contributed by atoms with Crippen LogP contribution >= 0.6 is 0 Å². The molecular formula is C9H8N4O2. The summed E-state index contributed by atoms with van der Waals surface area (Å²) >= 11 is 0. The smallest absolute Gasteiger partial charge is 0.269 e. The summed E-state index contributed by atoms with van der Waals surface area (Å²) in [5, 5.41) is 16.8. The second-order valence-electron chi connectivity index (χ2n) is 3.00. The molecule has 0 saturated heterocycles. The summed E-state index contributed by atoms with van der Waals surface area (Å²) in [5.74, 6) is 0.448. The van der Waals surface area contributed by atoms with Crippen molar-refractivity contribution in [3.05, 3.63) is 40.6 Å². The Morgan fingerprint density at radius 2 is 2.00 bits per heavy atom. The van der Waals surface area contributed by atoms with Gasteiger partial charge in [-0.1, -0.05) is 0 Å². The second-order valence-corrected chi connectivity index (χ2v) is 3.00. The maximum atomic E-state index is 10.4. The zero-order valence-corrected chi connectivity index (χ0v) is 7.68. The van der Waals surface area contributed by atoms with Crippen molar-refractivity contribution in [2.24, 2.45) is 0 Å². The number of rotatable bonds is 2. The summed E-state index contributed by atoms with van der Waals surface area (Å²) < 4.78 is 0. The van der Waals surface area contributed by atoms with Gasteiger partial charge in [0.05, 0.1) is 11.1 Å². The lowest BCUT2D eigenvalue weighted by atomic mass is 10.1. The van der Waals surface area contributed by atoms with Crippen molar-refractivity contribution in [3.8, 4) is 11.1 Å². The van der Waals surface area contributed by atoms with E-state index in [1.54, 1.807) is 18.3 Å². The normalized spacial score (nSPS) is 10.1. The molecule has 0 atom stereocenters. The molecule has 0 aliphatic heterocycles. The van der Waals surface area contributed by atoms with Crippen LogP contribution in [0.5, 0.6) is 0 Å². The molecule has 2 rings (SSSR count). The van der Waals surface area contributed by atoms with E-state index in [2.05, 4.69) is 10.2 Å². The fourth-order valence-electron chi connectivity index (χ4n) is 1.29. The Labute approximate surface area is 84.9 Å². The number of nitro groups is 1. The van der Waals surface area contributed by atoms with E-state index in [0.29, 0.717) is 5.82 Å². The highest BCUT2D eigenvalue weighted by Crippen LogP contribution is 2.25. The molecule has 0 saturated carbocycles. The van der Waals surface area contributed by atoms with E-state index in [9.17, 15) is 10.1 Å². The zero-order valence-electron chi connectivity index (χ0n) is 7.68. The first-order chi connectivity index (χ1) is 7.18. The third kappa shape index (κ3) is 1.64. The molecule has 0 spiro atoms. The monoisotopic (exact) mass is 204 g/mol. The highest BCUT2D eigenvalue weighted by atomic mass is 16.6. The molecule has 0 bridgehead atoms. The largest absolute Gasteiger partial charge is 0.384 e. The van der Waals surface area contributed by atoms with Gasteiger partial charge in [0.25, 0.3) is 5.69 Å². The lowest BCUT2D eigenvalue weighted by Crippen LogP contribution is -1.89. The van der Waals surface area contributed by atoms with E-state index in [4.69, 9.17) is 5.73 Å². The predicted octanol–water partition coefficient (Wildman–Crippen LogP) is 1.57. The summed E-state index contributed by atoms with van der Waals surface area (Å²) in [6, 6.07) is 6.14. The van der Waals surface area contributed by atoms with Crippen LogP contribution in [0.1, 0.15) is 0 Å². The Balaban J connectivity index is 2.40. The molecular weight excluding hydrogens is 196 g/mol. The molecule has 0 amide bonds. The van der Waals surface area contributed by atoms with Gasteiger partial charge in [0.1, 0.15) is 5.82 Å². The first-order valence-electron chi connectivity index (χ1n) is 4.22. The van der Waals surface area contributed by atoms with Crippen molar-refractivity contribution in [1.82, 2.24) is 10.2 Å². The number of nitrogen functional groups attached to an aromatic ring is 1. The van der Waals surface area contributed by atoms with Gasteiger partial charge in [0, 0.05) is 17.7 Å². The minimum Gasteiger partial charge on any atom is -0.384 e. The fraction of sp³-hybridized carbons (Fsp3) is 0. The lowest BCUT2D eigenvalue weighted by molar-refractivity contribution is -0.384. The van der Waals surface area contributed by atoms with Crippen LogP contribution in [0.3, 0.4) is 0 Å².